The van der Waals surface area contributed by atoms with Gasteiger partial charge in [-0.2, -0.15) is 0 Å². The fourth-order valence-corrected chi connectivity index (χ4v) is 2.03. The largest absolute Gasteiger partial charge is 0.313 e. The molecule has 1 atom stereocenters. The Morgan fingerprint density at radius 2 is 1.59 bits per heavy atom. The van der Waals surface area contributed by atoms with Gasteiger partial charge in [-0.15, -0.1) is 0 Å². The number of rotatable bonds is 4. The zero-order valence-corrected chi connectivity index (χ0v) is 10.5. The van der Waals surface area contributed by atoms with Crippen molar-refractivity contribution in [2.75, 3.05) is 7.05 Å². The van der Waals surface area contributed by atoms with Crippen molar-refractivity contribution in [3.63, 3.8) is 0 Å². The minimum absolute atomic E-state index is 0.388. The lowest BCUT2D eigenvalue weighted by molar-refractivity contribution is 0.592. The first kappa shape index (κ1) is 11.9. The highest BCUT2D eigenvalue weighted by Crippen LogP contribution is 2.18. The van der Waals surface area contributed by atoms with Gasteiger partial charge < -0.3 is 5.32 Å². The van der Waals surface area contributed by atoms with E-state index in [2.05, 4.69) is 66.8 Å². The van der Waals surface area contributed by atoms with Crippen molar-refractivity contribution in [3.8, 4) is 0 Å². The quantitative estimate of drug-likeness (QED) is 0.839. The molecule has 0 saturated carbocycles. The van der Waals surface area contributed by atoms with E-state index < -0.39 is 0 Å². The molecule has 0 spiro atoms. The average Bonchev–Trinajstić information content (AvgIpc) is 2.39. The van der Waals surface area contributed by atoms with E-state index in [1.807, 2.05) is 7.05 Å². The van der Waals surface area contributed by atoms with Crippen LogP contribution in [0.3, 0.4) is 0 Å². The topological polar surface area (TPSA) is 12.0 Å². The zero-order chi connectivity index (χ0) is 12.1. The van der Waals surface area contributed by atoms with Gasteiger partial charge in [-0.3, -0.25) is 0 Å². The third kappa shape index (κ3) is 3.18. The molecule has 0 saturated heterocycles. The first-order chi connectivity index (χ1) is 8.29. The zero-order valence-electron chi connectivity index (χ0n) is 10.5. The van der Waals surface area contributed by atoms with Crippen LogP contribution < -0.4 is 5.32 Å². The Kier molecular flexibility index (Phi) is 3.94. The molecule has 0 aliphatic carbocycles. The normalized spacial score (nSPS) is 12.4. The first-order valence-corrected chi connectivity index (χ1v) is 6.07. The molecule has 0 heterocycles. The Morgan fingerprint density at radius 1 is 0.941 bits per heavy atom. The monoisotopic (exact) mass is 225 g/mol. The third-order valence-electron chi connectivity index (χ3n) is 3.11. The summed E-state index contributed by atoms with van der Waals surface area (Å²) in [6.45, 7) is 2.12. The molecular formula is C16H19N. The molecule has 0 radical (unpaired) electrons. The SMILES string of the molecule is CNC(Cc1ccc(C)cc1)c1ccccc1. The Bertz CT molecular complexity index is 445. The Hall–Kier alpha value is -1.60. The molecule has 2 aromatic rings. The lowest BCUT2D eigenvalue weighted by Crippen LogP contribution is -2.18. The molecule has 0 aliphatic rings. The van der Waals surface area contributed by atoms with E-state index in [9.17, 15) is 0 Å². The van der Waals surface area contributed by atoms with Crippen LogP contribution in [0.15, 0.2) is 54.6 Å². The molecule has 88 valence electrons. The summed E-state index contributed by atoms with van der Waals surface area (Å²) in [5, 5.41) is 3.38. The van der Waals surface area contributed by atoms with Gasteiger partial charge in [-0.1, -0.05) is 60.2 Å². The van der Waals surface area contributed by atoms with Gasteiger partial charge in [-0.05, 0) is 31.5 Å². The average molecular weight is 225 g/mol. The van der Waals surface area contributed by atoms with E-state index in [0.717, 1.165) is 6.42 Å². The predicted molar refractivity (Wildman–Crippen MR) is 73.1 cm³/mol. The highest BCUT2D eigenvalue weighted by molar-refractivity contribution is 5.25. The summed E-state index contributed by atoms with van der Waals surface area (Å²) in [4.78, 5) is 0. The smallest absolute Gasteiger partial charge is 0.0358 e. The molecule has 0 fully saturated rings. The van der Waals surface area contributed by atoms with Crippen LogP contribution in [0.4, 0.5) is 0 Å². The van der Waals surface area contributed by atoms with Gasteiger partial charge in [0.25, 0.3) is 0 Å². The van der Waals surface area contributed by atoms with Crippen LogP contribution in [0.25, 0.3) is 0 Å². The Morgan fingerprint density at radius 3 is 2.18 bits per heavy atom. The summed E-state index contributed by atoms with van der Waals surface area (Å²) in [5.41, 5.74) is 4.03. The summed E-state index contributed by atoms with van der Waals surface area (Å²) < 4.78 is 0. The van der Waals surface area contributed by atoms with Crippen molar-refractivity contribution in [1.82, 2.24) is 5.32 Å². The molecule has 2 rings (SSSR count). The van der Waals surface area contributed by atoms with Gasteiger partial charge in [0.15, 0.2) is 0 Å². The lowest BCUT2D eigenvalue weighted by atomic mass is 9.98. The third-order valence-corrected chi connectivity index (χ3v) is 3.11. The fourth-order valence-electron chi connectivity index (χ4n) is 2.03. The van der Waals surface area contributed by atoms with Crippen LogP contribution in [0.1, 0.15) is 22.7 Å². The van der Waals surface area contributed by atoms with Crippen molar-refractivity contribution in [2.24, 2.45) is 0 Å². The van der Waals surface area contributed by atoms with Crippen LogP contribution >= 0.6 is 0 Å². The molecule has 17 heavy (non-hydrogen) atoms. The minimum Gasteiger partial charge on any atom is -0.313 e. The Balaban J connectivity index is 2.13. The van der Waals surface area contributed by atoms with E-state index in [1.165, 1.54) is 16.7 Å². The molecule has 1 nitrogen and oxygen atoms in total. The molecule has 1 N–H and O–H groups in total. The molecular weight excluding hydrogens is 206 g/mol. The molecule has 0 aliphatic heterocycles. The predicted octanol–water partition coefficient (Wildman–Crippen LogP) is 3.50. The van der Waals surface area contributed by atoms with Crippen molar-refractivity contribution < 1.29 is 0 Å². The molecule has 2 aromatic carbocycles. The van der Waals surface area contributed by atoms with Gasteiger partial charge in [0.05, 0.1) is 0 Å². The summed E-state index contributed by atoms with van der Waals surface area (Å²) in [7, 11) is 2.02. The maximum Gasteiger partial charge on any atom is 0.0358 e. The van der Waals surface area contributed by atoms with Gasteiger partial charge in [0.1, 0.15) is 0 Å². The summed E-state index contributed by atoms with van der Waals surface area (Å²) in [6, 6.07) is 19.8. The van der Waals surface area contributed by atoms with E-state index in [1.54, 1.807) is 0 Å². The van der Waals surface area contributed by atoms with Gasteiger partial charge in [-0.25, -0.2) is 0 Å². The van der Waals surface area contributed by atoms with Crippen LogP contribution in [-0.4, -0.2) is 7.05 Å². The molecule has 0 bridgehead atoms. The second kappa shape index (κ2) is 5.65. The van der Waals surface area contributed by atoms with Crippen molar-refractivity contribution in [3.05, 3.63) is 71.3 Å². The fraction of sp³-hybridized carbons (Fsp3) is 0.250. The highest BCUT2D eigenvalue weighted by Gasteiger charge is 2.08. The highest BCUT2D eigenvalue weighted by atomic mass is 14.9. The minimum atomic E-state index is 0.388. The van der Waals surface area contributed by atoms with Crippen LogP contribution in [0.2, 0.25) is 0 Å². The second-order valence-corrected chi connectivity index (χ2v) is 4.44. The maximum atomic E-state index is 3.38. The number of hydrogen-bond acceptors (Lipinski definition) is 1. The van der Waals surface area contributed by atoms with Crippen molar-refractivity contribution in [1.29, 1.82) is 0 Å². The maximum absolute atomic E-state index is 3.38. The standard InChI is InChI=1S/C16H19N/c1-13-8-10-14(11-9-13)12-16(17-2)15-6-4-3-5-7-15/h3-11,16-17H,12H2,1-2H3. The van der Waals surface area contributed by atoms with E-state index in [-0.39, 0.29) is 0 Å². The Labute approximate surface area is 103 Å². The molecule has 0 aromatic heterocycles. The summed E-state index contributed by atoms with van der Waals surface area (Å²) in [5.74, 6) is 0. The lowest BCUT2D eigenvalue weighted by Gasteiger charge is -2.16. The van der Waals surface area contributed by atoms with Crippen LogP contribution in [0.5, 0.6) is 0 Å². The van der Waals surface area contributed by atoms with Gasteiger partial charge in [0.2, 0.25) is 0 Å². The van der Waals surface area contributed by atoms with E-state index >= 15 is 0 Å². The molecule has 1 unspecified atom stereocenters. The first-order valence-electron chi connectivity index (χ1n) is 6.07. The van der Waals surface area contributed by atoms with Crippen LogP contribution in [0, 0.1) is 6.92 Å². The number of nitrogens with one attached hydrogen (secondary N) is 1. The number of aryl methyl sites for hydroxylation is 1. The van der Waals surface area contributed by atoms with Gasteiger partial charge in [0, 0.05) is 6.04 Å². The van der Waals surface area contributed by atoms with Gasteiger partial charge >= 0.3 is 0 Å². The number of likely N-dealkylation sites (N-methyl/N-ethyl adjacent to an activating group) is 1. The number of benzene rings is 2. The van der Waals surface area contributed by atoms with E-state index in [0.29, 0.717) is 6.04 Å². The summed E-state index contributed by atoms with van der Waals surface area (Å²) >= 11 is 0. The summed E-state index contributed by atoms with van der Waals surface area (Å²) in [6.07, 6.45) is 1.03. The van der Waals surface area contributed by atoms with E-state index in [4.69, 9.17) is 0 Å². The second-order valence-electron chi connectivity index (χ2n) is 4.44. The molecule has 0 amide bonds. The van der Waals surface area contributed by atoms with Crippen LogP contribution in [-0.2, 0) is 6.42 Å². The van der Waals surface area contributed by atoms with Crippen molar-refractivity contribution >= 4 is 0 Å². The number of hydrogen-bond donors (Lipinski definition) is 1. The molecule has 1 heteroatoms. The van der Waals surface area contributed by atoms with Crippen molar-refractivity contribution in [2.45, 2.75) is 19.4 Å².